The topological polar surface area (TPSA) is 54.5 Å². The Hall–Kier alpha value is -2.27. The Labute approximate surface area is 146 Å². The van der Waals surface area contributed by atoms with E-state index in [2.05, 4.69) is 15.2 Å². The molecule has 1 saturated heterocycles. The quantitative estimate of drug-likeness (QED) is 0.904. The van der Waals surface area contributed by atoms with Crippen LogP contribution >= 0.6 is 11.6 Å². The molecule has 0 saturated carbocycles. The fraction of sp³-hybridized carbons (Fsp3) is 0.333. The van der Waals surface area contributed by atoms with Gasteiger partial charge in [0.05, 0.1) is 19.1 Å². The first-order valence-electron chi connectivity index (χ1n) is 7.91. The molecule has 6 heteroatoms. The molecular formula is C18H20ClN3O2. The summed E-state index contributed by atoms with van der Waals surface area (Å²) in [7, 11) is 0. The van der Waals surface area contributed by atoms with Crippen LogP contribution in [0.15, 0.2) is 42.6 Å². The normalized spacial score (nSPS) is 15.5. The maximum absolute atomic E-state index is 11.1. The fourth-order valence-electron chi connectivity index (χ4n) is 2.68. The molecular weight excluding hydrogens is 326 g/mol. The monoisotopic (exact) mass is 345 g/mol. The van der Waals surface area contributed by atoms with Gasteiger partial charge in [0.1, 0.15) is 17.7 Å². The Morgan fingerprint density at radius 3 is 2.67 bits per heavy atom. The lowest BCUT2D eigenvalue weighted by molar-refractivity contribution is -0.119. The van der Waals surface area contributed by atoms with Crippen molar-refractivity contribution in [3.05, 3.63) is 53.2 Å². The van der Waals surface area contributed by atoms with Crippen molar-refractivity contribution in [2.24, 2.45) is 0 Å². The van der Waals surface area contributed by atoms with Crippen molar-refractivity contribution in [3.63, 3.8) is 0 Å². The molecule has 0 radical (unpaired) electrons. The van der Waals surface area contributed by atoms with Crippen LogP contribution in [0.2, 0.25) is 5.02 Å². The molecule has 1 aliphatic heterocycles. The van der Waals surface area contributed by atoms with E-state index in [1.165, 1.54) is 6.92 Å². The van der Waals surface area contributed by atoms with Crippen LogP contribution in [0.5, 0.6) is 5.75 Å². The molecule has 1 atom stereocenters. The zero-order valence-corrected chi connectivity index (χ0v) is 14.5. The van der Waals surface area contributed by atoms with Gasteiger partial charge in [-0.2, -0.15) is 0 Å². The van der Waals surface area contributed by atoms with Crippen molar-refractivity contribution in [1.82, 2.24) is 10.3 Å². The predicted octanol–water partition coefficient (Wildman–Crippen LogP) is 3.20. The summed E-state index contributed by atoms with van der Waals surface area (Å²) in [6.45, 7) is 5.05. The van der Waals surface area contributed by atoms with Gasteiger partial charge in [0.15, 0.2) is 0 Å². The van der Waals surface area contributed by atoms with Gasteiger partial charge in [-0.3, -0.25) is 4.79 Å². The van der Waals surface area contributed by atoms with E-state index in [1.54, 1.807) is 12.3 Å². The molecule has 1 fully saturated rings. The third-order valence-electron chi connectivity index (χ3n) is 3.98. The number of amides is 1. The Morgan fingerprint density at radius 1 is 1.33 bits per heavy atom. The first kappa shape index (κ1) is 16.6. The van der Waals surface area contributed by atoms with Crippen molar-refractivity contribution < 1.29 is 9.53 Å². The van der Waals surface area contributed by atoms with Crippen LogP contribution in [0.3, 0.4) is 0 Å². The number of hydrogen-bond acceptors (Lipinski definition) is 4. The summed E-state index contributed by atoms with van der Waals surface area (Å²) in [5.74, 6) is 1.67. The minimum absolute atomic E-state index is 0.00959. The van der Waals surface area contributed by atoms with Gasteiger partial charge in [-0.25, -0.2) is 4.98 Å². The standard InChI is InChI=1S/C18H20ClN3O2/c1-12(21-13(2)23)14-3-5-16(6-4-14)24-17-10-22(11-17)18-9-15(19)7-8-20-18/h3-9,12,17H,10-11H2,1-2H3,(H,21,23)/t12-/m0/s1. The minimum Gasteiger partial charge on any atom is -0.487 e. The highest BCUT2D eigenvalue weighted by molar-refractivity contribution is 6.30. The van der Waals surface area contributed by atoms with Gasteiger partial charge in [-0.15, -0.1) is 0 Å². The van der Waals surface area contributed by atoms with Crippen molar-refractivity contribution >= 4 is 23.3 Å². The van der Waals surface area contributed by atoms with Crippen molar-refractivity contribution in [1.29, 1.82) is 0 Å². The van der Waals surface area contributed by atoms with Crippen LogP contribution in [0, 0.1) is 0 Å². The molecule has 0 bridgehead atoms. The third-order valence-corrected chi connectivity index (χ3v) is 4.22. The molecule has 3 rings (SSSR count). The lowest BCUT2D eigenvalue weighted by Crippen LogP contribution is -2.54. The van der Waals surface area contributed by atoms with E-state index in [1.807, 2.05) is 37.3 Å². The molecule has 1 amide bonds. The lowest BCUT2D eigenvalue weighted by atomic mass is 10.1. The van der Waals surface area contributed by atoms with Gasteiger partial charge in [-0.1, -0.05) is 23.7 Å². The van der Waals surface area contributed by atoms with E-state index in [-0.39, 0.29) is 18.1 Å². The summed E-state index contributed by atoms with van der Waals surface area (Å²) in [5.41, 5.74) is 1.05. The SMILES string of the molecule is CC(=O)N[C@@H](C)c1ccc(OC2CN(c3cc(Cl)ccn3)C2)cc1. The van der Waals surface area contributed by atoms with Crippen LogP contribution in [-0.4, -0.2) is 30.1 Å². The van der Waals surface area contributed by atoms with E-state index < -0.39 is 0 Å². The molecule has 1 aromatic carbocycles. The minimum atomic E-state index is -0.0352. The number of halogens is 1. The second kappa shape index (κ2) is 7.09. The summed E-state index contributed by atoms with van der Waals surface area (Å²) < 4.78 is 5.96. The highest BCUT2D eigenvalue weighted by Crippen LogP contribution is 2.25. The summed E-state index contributed by atoms with van der Waals surface area (Å²) >= 11 is 5.98. The Bertz CT molecular complexity index is 714. The Balaban J connectivity index is 1.52. The molecule has 2 aromatic rings. The van der Waals surface area contributed by atoms with Crippen LogP contribution < -0.4 is 15.0 Å². The van der Waals surface area contributed by atoms with Gasteiger partial charge in [0, 0.05) is 18.1 Å². The fourth-order valence-corrected chi connectivity index (χ4v) is 2.84. The number of carbonyl (C=O) groups excluding carboxylic acids is 1. The largest absolute Gasteiger partial charge is 0.487 e. The Kier molecular flexibility index (Phi) is 4.90. The number of carbonyl (C=O) groups is 1. The smallest absolute Gasteiger partial charge is 0.217 e. The number of nitrogens with zero attached hydrogens (tertiary/aromatic N) is 2. The number of nitrogens with one attached hydrogen (secondary N) is 1. The molecule has 24 heavy (non-hydrogen) atoms. The molecule has 2 heterocycles. The summed E-state index contributed by atoms with van der Waals surface area (Å²) in [4.78, 5) is 17.5. The average Bonchev–Trinajstić information content (AvgIpc) is 2.50. The van der Waals surface area contributed by atoms with Gasteiger partial charge < -0.3 is 15.0 Å². The van der Waals surface area contributed by atoms with E-state index in [0.29, 0.717) is 5.02 Å². The highest BCUT2D eigenvalue weighted by atomic mass is 35.5. The maximum atomic E-state index is 11.1. The number of benzene rings is 1. The molecule has 1 aromatic heterocycles. The average molecular weight is 346 g/mol. The highest BCUT2D eigenvalue weighted by Gasteiger charge is 2.29. The first-order valence-corrected chi connectivity index (χ1v) is 8.29. The van der Waals surface area contributed by atoms with Crippen LogP contribution in [0.4, 0.5) is 5.82 Å². The number of hydrogen-bond donors (Lipinski definition) is 1. The molecule has 0 unspecified atom stereocenters. The van der Waals surface area contributed by atoms with Crippen molar-refractivity contribution in [3.8, 4) is 5.75 Å². The summed E-state index contributed by atoms with van der Waals surface area (Å²) in [6, 6.07) is 11.4. The maximum Gasteiger partial charge on any atom is 0.217 e. The van der Waals surface area contributed by atoms with Gasteiger partial charge >= 0.3 is 0 Å². The van der Waals surface area contributed by atoms with Crippen molar-refractivity contribution in [2.75, 3.05) is 18.0 Å². The second-order valence-electron chi connectivity index (χ2n) is 5.97. The van der Waals surface area contributed by atoms with Gasteiger partial charge in [0.25, 0.3) is 0 Å². The molecule has 5 nitrogen and oxygen atoms in total. The molecule has 0 spiro atoms. The van der Waals surface area contributed by atoms with Crippen LogP contribution in [-0.2, 0) is 4.79 Å². The number of pyridine rings is 1. The molecule has 1 aliphatic rings. The summed E-state index contributed by atoms with van der Waals surface area (Å²) in [6.07, 6.45) is 1.85. The zero-order chi connectivity index (χ0) is 17.1. The number of aromatic nitrogens is 1. The van der Waals surface area contributed by atoms with Gasteiger partial charge in [-0.05, 0) is 36.8 Å². The molecule has 1 N–H and O–H groups in total. The number of anilines is 1. The van der Waals surface area contributed by atoms with Crippen LogP contribution in [0.25, 0.3) is 0 Å². The second-order valence-corrected chi connectivity index (χ2v) is 6.40. The van der Waals surface area contributed by atoms with E-state index in [4.69, 9.17) is 16.3 Å². The third kappa shape index (κ3) is 3.97. The van der Waals surface area contributed by atoms with E-state index in [9.17, 15) is 4.79 Å². The molecule has 0 aliphatic carbocycles. The predicted molar refractivity (Wildman–Crippen MR) is 94.5 cm³/mol. The Morgan fingerprint density at radius 2 is 2.04 bits per heavy atom. The zero-order valence-electron chi connectivity index (χ0n) is 13.7. The van der Waals surface area contributed by atoms with Gasteiger partial charge in [0.2, 0.25) is 5.91 Å². The number of ether oxygens (including phenoxy) is 1. The lowest BCUT2D eigenvalue weighted by Gasteiger charge is -2.39. The van der Waals surface area contributed by atoms with Crippen molar-refractivity contribution in [2.45, 2.75) is 26.0 Å². The summed E-state index contributed by atoms with van der Waals surface area (Å²) in [5, 5.41) is 3.55. The van der Waals surface area contributed by atoms with E-state index >= 15 is 0 Å². The molecule has 126 valence electrons. The first-order chi connectivity index (χ1) is 11.5. The number of rotatable bonds is 5. The van der Waals surface area contributed by atoms with Crippen LogP contribution in [0.1, 0.15) is 25.5 Å². The van der Waals surface area contributed by atoms with E-state index in [0.717, 1.165) is 30.2 Å².